The lowest BCUT2D eigenvalue weighted by molar-refractivity contribution is -0.124. The second kappa shape index (κ2) is 11.3. The van der Waals surface area contributed by atoms with Gasteiger partial charge in [-0.1, -0.05) is 41.9 Å². The SMILES string of the molecule is N=C(CNC(=O)C1CN(Cc2ccc(Cn3ccccc3=O)cc2)CCN1)c1cc(Cl)ccc1N. The van der Waals surface area contributed by atoms with Crippen molar-refractivity contribution < 1.29 is 4.79 Å². The Kier molecular flexibility index (Phi) is 7.97. The fraction of sp³-hybridized carbons (Fsp3) is 0.269. The molecule has 9 heteroatoms. The Morgan fingerprint density at radius 3 is 2.60 bits per heavy atom. The zero-order valence-corrected chi connectivity index (χ0v) is 20.1. The van der Waals surface area contributed by atoms with E-state index >= 15 is 0 Å². The van der Waals surface area contributed by atoms with Gasteiger partial charge in [-0.15, -0.1) is 0 Å². The van der Waals surface area contributed by atoms with E-state index in [9.17, 15) is 9.59 Å². The molecule has 1 aliphatic rings. The van der Waals surface area contributed by atoms with E-state index < -0.39 is 0 Å². The van der Waals surface area contributed by atoms with Crippen molar-refractivity contribution in [3.63, 3.8) is 0 Å². The third kappa shape index (κ3) is 6.57. The molecule has 0 saturated carbocycles. The number of nitrogen functional groups attached to an aromatic ring is 1. The van der Waals surface area contributed by atoms with Crippen molar-refractivity contribution in [2.45, 2.75) is 19.1 Å². The molecule has 35 heavy (non-hydrogen) atoms. The highest BCUT2D eigenvalue weighted by Gasteiger charge is 2.25. The average Bonchev–Trinajstić information content (AvgIpc) is 2.86. The Morgan fingerprint density at radius 2 is 1.86 bits per heavy atom. The number of aromatic nitrogens is 1. The van der Waals surface area contributed by atoms with Gasteiger partial charge in [-0.3, -0.25) is 14.5 Å². The van der Waals surface area contributed by atoms with Crippen molar-refractivity contribution in [2.24, 2.45) is 0 Å². The van der Waals surface area contributed by atoms with E-state index in [0.29, 0.717) is 35.9 Å². The summed E-state index contributed by atoms with van der Waals surface area (Å²) in [6.45, 7) is 3.44. The molecule has 3 aromatic rings. The minimum absolute atomic E-state index is 0.0205. The van der Waals surface area contributed by atoms with Crippen LogP contribution in [0.4, 0.5) is 5.69 Å². The zero-order valence-electron chi connectivity index (χ0n) is 19.3. The number of nitrogens with two attached hydrogens (primary N) is 1. The summed E-state index contributed by atoms with van der Waals surface area (Å²) in [7, 11) is 0. The molecule has 0 spiro atoms. The largest absolute Gasteiger partial charge is 0.398 e. The van der Waals surface area contributed by atoms with Crippen LogP contribution >= 0.6 is 11.6 Å². The number of halogens is 1. The molecule has 5 N–H and O–H groups in total. The maximum Gasteiger partial charge on any atom is 0.250 e. The molecule has 0 aliphatic carbocycles. The number of hydrogen-bond acceptors (Lipinski definition) is 6. The number of nitrogens with zero attached hydrogens (tertiary/aromatic N) is 2. The van der Waals surface area contributed by atoms with Crippen molar-refractivity contribution in [3.8, 4) is 0 Å². The van der Waals surface area contributed by atoms with Crippen LogP contribution in [-0.2, 0) is 17.9 Å². The number of benzene rings is 2. The number of carbonyl (C=O) groups excluding carboxylic acids is 1. The first kappa shape index (κ1) is 24.7. The van der Waals surface area contributed by atoms with Gasteiger partial charge >= 0.3 is 0 Å². The van der Waals surface area contributed by atoms with Crippen LogP contribution in [0.1, 0.15) is 16.7 Å². The van der Waals surface area contributed by atoms with Gasteiger partial charge in [0.05, 0.1) is 24.8 Å². The Morgan fingerprint density at radius 1 is 1.11 bits per heavy atom. The molecule has 8 nitrogen and oxygen atoms in total. The second-order valence-corrected chi connectivity index (χ2v) is 9.09. The molecule has 1 fully saturated rings. The smallest absolute Gasteiger partial charge is 0.250 e. The highest BCUT2D eigenvalue weighted by molar-refractivity contribution is 6.31. The van der Waals surface area contributed by atoms with Gasteiger partial charge in [0.15, 0.2) is 0 Å². The third-order valence-corrected chi connectivity index (χ3v) is 6.27. The third-order valence-electron chi connectivity index (χ3n) is 6.04. The van der Waals surface area contributed by atoms with Crippen LogP contribution in [0.3, 0.4) is 0 Å². The molecule has 1 aromatic heterocycles. The van der Waals surface area contributed by atoms with E-state index in [1.54, 1.807) is 41.1 Å². The van der Waals surface area contributed by atoms with Gasteiger partial charge in [0, 0.05) is 54.7 Å². The molecule has 0 radical (unpaired) electrons. The van der Waals surface area contributed by atoms with Crippen LogP contribution < -0.4 is 21.9 Å². The number of piperazine rings is 1. The number of rotatable bonds is 8. The predicted octanol–water partition coefficient (Wildman–Crippen LogP) is 2.09. The first-order valence-electron chi connectivity index (χ1n) is 11.5. The summed E-state index contributed by atoms with van der Waals surface area (Å²) in [5.74, 6) is -0.149. The van der Waals surface area contributed by atoms with Crippen molar-refractivity contribution in [1.29, 1.82) is 5.41 Å². The van der Waals surface area contributed by atoms with Crippen LogP contribution in [0, 0.1) is 5.41 Å². The fourth-order valence-electron chi connectivity index (χ4n) is 4.11. The van der Waals surface area contributed by atoms with Gasteiger partial charge in [-0.25, -0.2) is 0 Å². The van der Waals surface area contributed by atoms with Gasteiger partial charge in [-0.2, -0.15) is 0 Å². The molecule has 1 amide bonds. The van der Waals surface area contributed by atoms with Crippen molar-refractivity contribution in [3.05, 3.63) is 98.9 Å². The fourth-order valence-corrected chi connectivity index (χ4v) is 4.28. The summed E-state index contributed by atoms with van der Waals surface area (Å²) in [5, 5.41) is 14.9. The number of anilines is 1. The molecule has 4 rings (SSSR count). The monoisotopic (exact) mass is 492 g/mol. The lowest BCUT2D eigenvalue weighted by atomic mass is 10.1. The first-order valence-corrected chi connectivity index (χ1v) is 11.9. The zero-order chi connectivity index (χ0) is 24.8. The molecular weight excluding hydrogens is 464 g/mol. The summed E-state index contributed by atoms with van der Waals surface area (Å²) in [4.78, 5) is 26.9. The van der Waals surface area contributed by atoms with Gasteiger partial charge in [0.2, 0.25) is 5.91 Å². The molecule has 0 bridgehead atoms. The highest BCUT2D eigenvalue weighted by atomic mass is 35.5. The summed E-state index contributed by atoms with van der Waals surface area (Å²) < 4.78 is 1.68. The van der Waals surface area contributed by atoms with Crippen LogP contribution in [0.5, 0.6) is 0 Å². The summed E-state index contributed by atoms with van der Waals surface area (Å²) in [5.41, 5.74) is 9.32. The topological polar surface area (TPSA) is 116 Å². The number of nitrogens with one attached hydrogen (secondary N) is 3. The minimum atomic E-state index is -0.363. The molecule has 1 aliphatic heterocycles. The molecule has 1 unspecified atom stereocenters. The number of amides is 1. The Balaban J connectivity index is 1.29. The van der Waals surface area contributed by atoms with Gasteiger partial charge < -0.3 is 26.3 Å². The van der Waals surface area contributed by atoms with E-state index in [0.717, 1.165) is 24.2 Å². The van der Waals surface area contributed by atoms with Gasteiger partial charge in [0.25, 0.3) is 5.56 Å². The number of carbonyl (C=O) groups is 1. The summed E-state index contributed by atoms with van der Waals surface area (Å²) in [6, 6.07) is 17.9. The highest BCUT2D eigenvalue weighted by Crippen LogP contribution is 2.18. The lowest BCUT2D eigenvalue weighted by Gasteiger charge is -2.33. The molecule has 1 saturated heterocycles. The van der Waals surface area contributed by atoms with Crippen molar-refractivity contribution in [1.82, 2.24) is 20.1 Å². The van der Waals surface area contributed by atoms with Crippen LogP contribution in [0.2, 0.25) is 5.02 Å². The van der Waals surface area contributed by atoms with E-state index in [4.69, 9.17) is 22.7 Å². The van der Waals surface area contributed by atoms with Gasteiger partial charge in [0.1, 0.15) is 0 Å². The summed E-state index contributed by atoms with van der Waals surface area (Å²) >= 11 is 6.01. The maximum atomic E-state index is 12.7. The van der Waals surface area contributed by atoms with E-state index in [1.807, 2.05) is 18.2 Å². The Labute approximate surface area is 209 Å². The molecule has 182 valence electrons. The van der Waals surface area contributed by atoms with Crippen LogP contribution in [0.15, 0.2) is 71.7 Å². The summed E-state index contributed by atoms with van der Waals surface area (Å²) in [6.07, 6.45) is 1.79. The van der Waals surface area contributed by atoms with E-state index in [1.165, 1.54) is 0 Å². The standard InChI is InChI=1S/C26H29ClN6O2/c27-20-8-9-22(28)21(13-20)23(29)14-31-26(35)24-17-32(12-10-30-24)15-18-4-6-19(7-5-18)16-33-11-2-1-3-25(33)34/h1-9,11,13,24,29-30H,10,12,14-17,28H2,(H,31,35). The Hall–Kier alpha value is -3.46. The van der Waals surface area contributed by atoms with Gasteiger partial charge in [-0.05, 0) is 35.4 Å². The first-order chi connectivity index (χ1) is 16.9. The van der Waals surface area contributed by atoms with E-state index in [-0.39, 0.29) is 29.8 Å². The van der Waals surface area contributed by atoms with Crippen LogP contribution in [0.25, 0.3) is 0 Å². The molecular formula is C26H29ClN6O2. The Bertz CT molecular complexity index is 1260. The quantitative estimate of drug-likeness (QED) is 0.284. The second-order valence-electron chi connectivity index (χ2n) is 8.65. The van der Waals surface area contributed by atoms with Crippen molar-refractivity contribution in [2.75, 3.05) is 31.9 Å². The minimum Gasteiger partial charge on any atom is -0.398 e. The van der Waals surface area contributed by atoms with E-state index in [2.05, 4.69) is 27.7 Å². The van der Waals surface area contributed by atoms with Crippen molar-refractivity contribution >= 4 is 28.9 Å². The molecule has 1 atom stereocenters. The van der Waals surface area contributed by atoms with Crippen LogP contribution in [-0.4, -0.2) is 53.3 Å². The lowest BCUT2D eigenvalue weighted by Crippen LogP contribution is -2.57. The normalized spacial score (nSPS) is 16.1. The number of pyridine rings is 1. The molecule has 2 heterocycles. The maximum absolute atomic E-state index is 12.7. The number of hydrogen-bond donors (Lipinski definition) is 4. The molecule has 2 aromatic carbocycles. The predicted molar refractivity (Wildman–Crippen MR) is 139 cm³/mol. The average molecular weight is 493 g/mol.